The molecule has 200 valence electrons. The molecule has 0 radical (unpaired) electrons. The molecule has 3 heterocycles. The molecule has 2 saturated heterocycles. The number of anilines is 2. The van der Waals surface area contributed by atoms with Crippen LogP contribution in [0.4, 0.5) is 24.7 Å². The fourth-order valence-corrected chi connectivity index (χ4v) is 5.12. The van der Waals surface area contributed by atoms with Gasteiger partial charge >= 0.3 is 6.18 Å². The van der Waals surface area contributed by atoms with Gasteiger partial charge in [0, 0.05) is 50.5 Å². The second-order valence-corrected chi connectivity index (χ2v) is 9.65. The highest BCUT2D eigenvalue weighted by atomic mass is 19.4. The summed E-state index contributed by atoms with van der Waals surface area (Å²) in [5.74, 6) is 1.47. The number of benzene rings is 2. The number of carbonyl (C=O) groups is 1. The van der Waals surface area contributed by atoms with Crippen LogP contribution in [0.15, 0.2) is 60.7 Å². The lowest BCUT2D eigenvalue weighted by molar-refractivity contribution is -0.137. The Hall–Kier alpha value is -3.82. The van der Waals surface area contributed by atoms with E-state index in [9.17, 15) is 18.0 Å². The van der Waals surface area contributed by atoms with E-state index < -0.39 is 11.7 Å². The number of ether oxygens (including phenoxy) is 1. The standard InChI is InChI=1S/C28H30F3N5O2/c1-38-24-9-7-20(8-10-24)25-11-12-26(33-32-25)36-13-3-4-21(19-36)27(37)35-16-14-34(15-17-35)23-6-2-5-22(18-23)28(29,30)31/h2,5-12,18,21H,3-4,13-17,19H2,1H3. The van der Waals surface area contributed by atoms with Crippen LogP contribution >= 0.6 is 0 Å². The molecule has 2 aliphatic heterocycles. The summed E-state index contributed by atoms with van der Waals surface area (Å²) in [6.45, 7) is 3.36. The van der Waals surface area contributed by atoms with Gasteiger partial charge in [-0.25, -0.2) is 0 Å². The number of nitrogens with zero attached hydrogens (tertiary/aromatic N) is 5. The van der Waals surface area contributed by atoms with Crippen molar-refractivity contribution in [1.82, 2.24) is 15.1 Å². The van der Waals surface area contributed by atoms with E-state index in [1.807, 2.05) is 46.2 Å². The first-order valence-electron chi connectivity index (χ1n) is 12.8. The van der Waals surface area contributed by atoms with Crippen LogP contribution in [0.1, 0.15) is 18.4 Å². The third-order valence-electron chi connectivity index (χ3n) is 7.26. The van der Waals surface area contributed by atoms with Crippen molar-refractivity contribution in [2.24, 2.45) is 5.92 Å². The number of amides is 1. The van der Waals surface area contributed by atoms with Gasteiger partial charge in [0.15, 0.2) is 5.82 Å². The van der Waals surface area contributed by atoms with E-state index >= 15 is 0 Å². The van der Waals surface area contributed by atoms with E-state index in [2.05, 4.69) is 15.1 Å². The second-order valence-electron chi connectivity index (χ2n) is 9.65. The Kier molecular flexibility index (Phi) is 7.40. The molecule has 2 aromatic carbocycles. The summed E-state index contributed by atoms with van der Waals surface area (Å²) in [6, 6.07) is 16.9. The molecule has 0 aliphatic carbocycles. The SMILES string of the molecule is COc1ccc(-c2ccc(N3CCCC(C(=O)N4CCN(c5cccc(C(F)(F)F)c5)CC4)C3)nn2)cc1. The molecule has 38 heavy (non-hydrogen) atoms. The summed E-state index contributed by atoms with van der Waals surface area (Å²) in [7, 11) is 1.63. The van der Waals surface area contributed by atoms with Crippen molar-refractivity contribution in [2.75, 3.05) is 56.2 Å². The first-order chi connectivity index (χ1) is 18.3. The van der Waals surface area contributed by atoms with Gasteiger partial charge in [-0.05, 0) is 67.4 Å². The Morgan fingerprint density at radius 1 is 0.921 bits per heavy atom. The van der Waals surface area contributed by atoms with E-state index in [4.69, 9.17) is 4.74 Å². The predicted octanol–water partition coefficient (Wildman–Crippen LogP) is 4.74. The molecule has 0 bridgehead atoms. The van der Waals surface area contributed by atoms with E-state index in [-0.39, 0.29) is 11.8 Å². The highest BCUT2D eigenvalue weighted by Gasteiger charge is 2.33. The van der Waals surface area contributed by atoms with E-state index in [1.54, 1.807) is 13.2 Å². The molecular formula is C28H30F3N5O2. The monoisotopic (exact) mass is 525 g/mol. The fraction of sp³-hybridized carbons (Fsp3) is 0.393. The first kappa shape index (κ1) is 25.8. The van der Waals surface area contributed by atoms with Crippen molar-refractivity contribution in [3.8, 4) is 17.0 Å². The molecule has 1 amide bonds. The number of methoxy groups -OCH3 is 1. The maximum Gasteiger partial charge on any atom is 0.416 e. The topological polar surface area (TPSA) is 61.8 Å². The summed E-state index contributed by atoms with van der Waals surface area (Å²) in [5.41, 5.74) is 1.59. The molecule has 1 atom stereocenters. The number of hydrogen-bond acceptors (Lipinski definition) is 6. The Morgan fingerprint density at radius 3 is 2.34 bits per heavy atom. The highest BCUT2D eigenvalue weighted by molar-refractivity contribution is 5.80. The summed E-state index contributed by atoms with van der Waals surface area (Å²) < 4.78 is 44.5. The molecule has 2 fully saturated rings. The van der Waals surface area contributed by atoms with Crippen molar-refractivity contribution in [1.29, 1.82) is 0 Å². The molecule has 2 aliphatic rings. The Labute approximate surface area is 219 Å². The maximum atomic E-state index is 13.3. The van der Waals surface area contributed by atoms with Gasteiger partial charge in [0.25, 0.3) is 0 Å². The zero-order valence-electron chi connectivity index (χ0n) is 21.2. The van der Waals surface area contributed by atoms with E-state index in [0.717, 1.165) is 48.3 Å². The fourth-order valence-electron chi connectivity index (χ4n) is 5.12. The van der Waals surface area contributed by atoms with Gasteiger partial charge in [-0.1, -0.05) is 6.07 Å². The molecule has 1 unspecified atom stereocenters. The predicted molar refractivity (Wildman–Crippen MR) is 139 cm³/mol. The summed E-state index contributed by atoms with van der Waals surface area (Å²) in [4.78, 5) is 19.2. The van der Waals surface area contributed by atoms with Crippen molar-refractivity contribution >= 4 is 17.4 Å². The molecule has 3 aromatic rings. The lowest BCUT2D eigenvalue weighted by Crippen LogP contribution is -2.52. The van der Waals surface area contributed by atoms with Crippen molar-refractivity contribution in [3.63, 3.8) is 0 Å². The minimum absolute atomic E-state index is 0.0983. The lowest BCUT2D eigenvalue weighted by Gasteiger charge is -2.40. The summed E-state index contributed by atoms with van der Waals surface area (Å²) >= 11 is 0. The summed E-state index contributed by atoms with van der Waals surface area (Å²) in [6.07, 6.45) is -2.69. The maximum absolute atomic E-state index is 13.3. The number of carbonyl (C=O) groups excluding carboxylic acids is 1. The second kappa shape index (κ2) is 10.9. The smallest absolute Gasteiger partial charge is 0.416 e. The van der Waals surface area contributed by atoms with Gasteiger partial charge in [-0.3, -0.25) is 4.79 Å². The Morgan fingerprint density at radius 2 is 1.68 bits per heavy atom. The summed E-state index contributed by atoms with van der Waals surface area (Å²) in [5, 5.41) is 8.82. The molecule has 1 aromatic heterocycles. The van der Waals surface area contributed by atoms with Crippen molar-refractivity contribution in [3.05, 3.63) is 66.2 Å². The largest absolute Gasteiger partial charge is 0.497 e. The Balaban J connectivity index is 1.18. The van der Waals surface area contributed by atoms with E-state index in [0.29, 0.717) is 38.4 Å². The van der Waals surface area contributed by atoms with Crippen molar-refractivity contribution in [2.45, 2.75) is 19.0 Å². The molecule has 5 rings (SSSR count). The van der Waals surface area contributed by atoms with Gasteiger partial charge in [0.2, 0.25) is 5.91 Å². The van der Waals surface area contributed by atoms with E-state index in [1.165, 1.54) is 12.1 Å². The van der Waals surface area contributed by atoms with Gasteiger partial charge in [0.05, 0.1) is 24.3 Å². The van der Waals surface area contributed by atoms with Crippen LogP contribution in [0.2, 0.25) is 0 Å². The molecule has 0 saturated carbocycles. The average Bonchev–Trinajstić information content (AvgIpc) is 2.97. The highest BCUT2D eigenvalue weighted by Crippen LogP contribution is 2.32. The van der Waals surface area contributed by atoms with Gasteiger partial charge in [-0.2, -0.15) is 13.2 Å². The zero-order valence-corrected chi connectivity index (χ0v) is 21.2. The number of rotatable bonds is 5. The third kappa shape index (κ3) is 5.69. The van der Waals surface area contributed by atoms with Gasteiger partial charge in [-0.15, -0.1) is 10.2 Å². The lowest BCUT2D eigenvalue weighted by atomic mass is 9.96. The van der Waals surface area contributed by atoms with Crippen LogP contribution in [0, 0.1) is 5.92 Å². The van der Waals surface area contributed by atoms with Crippen LogP contribution in [-0.4, -0.2) is 67.4 Å². The van der Waals surface area contributed by atoms with Gasteiger partial charge < -0.3 is 19.4 Å². The number of piperidine rings is 1. The molecule has 0 spiro atoms. The van der Waals surface area contributed by atoms with Crippen LogP contribution in [0.25, 0.3) is 11.3 Å². The third-order valence-corrected chi connectivity index (χ3v) is 7.26. The van der Waals surface area contributed by atoms with Crippen LogP contribution in [0.5, 0.6) is 5.75 Å². The normalized spacial score (nSPS) is 18.4. The molecule has 10 heteroatoms. The van der Waals surface area contributed by atoms with Crippen LogP contribution in [-0.2, 0) is 11.0 Å². The first-order valence-corrected chi connectivity index (χ1v) is 12.8. The number of aromatic nitrogens is 2. The average molecular weight is 526 g/mol. The molecular weight excluding hydrogens is 495 g/mol. The number of alkyl halides is 3. The number of hydrogen-bond donors (Lipinski definition) is 0. The van der Waals surface area contributed by atoms with Crippen LogP contribution in [0.3, 0.4) is 0 Å². The minimum atomic E-state index is -4.37. The quantitative estimate of drug-likeness (QED) is 0.480. The number of piperazine rings is 1. The van der Waals surface area contributed by atoms with Crippen molar-refractivity contribution < 1.29 is 22.7 Å². The van der Waals surface area contributed by atoms with Gasteiger partial charge in [0.1, 0.15) is 5.75 Å². The Bertz CT molecular complexity index is 1240. The zero-order chi connectivity index (χ0) is 26.7. The van der Waals surface area contributed by atoms with Crippen LogP contribution < -0.4 is 14.5 Å². The minimum Gasteiger partial charge on any atom is -0.497 e. The molecule has 0 N–H and O–H groups in total. The number of halogens is 3. The molecule has 7 nitrogen and oxygen atoms in total.